The predicted molar refractivity (Wildman–Crippen MR) is 37.9 cm³/mol. The molecule has 0 aliphatic carbocycles. The van der Waals surface area contributed by atoms with Crippen LogP contribution in [0.2, 0.25) is 0 Å². The summed E-state index contributed by atoms with van der Waals surface area (Å²) >= 11 is 0. The van der Waals surface area contributed by atoms with Crippen molar-refractivity contribution in [2.24, 2.45) is 5.73 Å². The van der Waals surface area contributed by atoms with Crippen LogP contribution in [-0.2, 0) is 9.53 Å². The van der Waals surface area contributed by atoms with E-state index in [0.29, 0.717) is 6.92 Å². The molecular weight excluding hydrogens is 199 g/mol. The van der Waals surface area contributed by atoms with Gasteiger partial charge < -0.3 is 10.5 Å². The van der Waals surface area contributed by atoms with Gasteiger partial charge in [-0.15, -0.1) is 12.4 Å². The molecule has 0 aromatic heterocycles. The van der Waals surface area contributed by atoms with Gasteiger partial charge in [-0.25, -0.2) is 4.79 Å². The third-order valence-corrected chi connectivity index (χ3v) is 1.20. The molecule has 2 N–H and O–H groups in total. The summed E-state index contributed by atoms with van der Waals surface area (Å²) in [4.78, 5) is 10.4. The number of nitrogens with two attached hydrogens (primary N) is 1. The normalized spacial score (nSPS) is 15.8. The van der Waals surface area contributed by atoms with Crippen molar-refractivity contribution in [1.82, 2.24) is 0 Å². The fourth-order valence-corrected chi connectivity index (χ4v) is 0.328. The molecular formula is C5H9ClF3NO2. The monoisotopic (exact) mass is 207 g/mol. The summed E-state index contributed by atoms with van der Waals surface area (Å²) in [7, 11) is 0.846. The van der Waals surface area contributed by atoms with Gasteiger partial charge in [-0.05, 0) is 6.92 Å². The number of hydrogen-bond acceptors (Lipinski definition) is 3. The van der Waals surface area contributed by atoms with Gasteiger partial charge in [0.1, 0.15) is 0 Å². The van der Waals surface area contributed by atoms with Gasteiger partial charge in [-0.3, -0.25) is 0 Å². The maximum absolute atomic E-state index is 11.8. The van der Waals surface area contributed by atoms with E-state index in [1.165, 1.54) is 0 Å². The van der Waals surface area contributed by atoms with Crippen LogP contribution in [0.1, 0.15) is 6.92 Å². The topological polar surface area (TPSA) is 52.3 Å². The zero-order valence-electron chi connectivity index (χ0n) is 6.44. The SMILES string of the molecule is COC(=O)C(C)(N)C(F)(F)F.Cl. The highest BCUT2D eigenvalue weighted by Gasteiger charge is 2.54. The summed E-state index contributed by atoms with van der Waals surface area (Å²) in [5, 5.41) is 0. The minimum atomic E-state index is -4.78. The summed E-state index contributed by atoms with van der Waals surface area (Å²) in [6, 6.07) is 0. The number of esters is 1. The number of alkyl halides is 3. The molecule has 0 aromatic rings. The smallest absolute Gasteiger partial charge is 0.416 e. The first kappa shape index (κ1) is 14.1. The molecule has 0 fully saturated rings. The van der Waals surface area contributed by atoms with Crippen LogP contribution >= 0.6 is 12.4 Å². The molecule has 0 spiro atoms. The van der Waals surface area contributed by atoms with E-state index in [4.69, 9.17) is 0 Å². The zero-order valence-corrected chi connectivity index (χ0v) is 7.25. The Morgan fingerprint density at radius 3 is 1.83 bits per heavy atom. The van der Waals surface area contributed by atoms with E-state index < -0.39 is 17.7 Å². The van der Waals surface area contributed by atoms with Gasteiger partial charge in [0.25, 0.3) is 0 Å². The fourth-order valence-electron chi connectivity index (χ4n) is 0.328. The van der Waals surface area contributed by atoms with E-state index in [1.807, 2.05) is 0 Å². The minimum Gasteiger partial charge on any atom is -0.467 e. The first-order valence-electron chi connectivity index (χ1n) is 2.67. The largest absolute Gasteiger partial charge is 0.467 e. The molecule has 0 amide bonds. The Bertz CT molecular complexity index is 169. The maximum Gasteiger partial charge on any atom is 0.416 e. The average molecular weight is 208 g/mol. The number of rotatable bonds is 1. The quantitative estimate of drug-likeness (QED) is 0.649. The number of halogens is 4. The van der Waals surface area contributed by atoms with Crippen molar-refractivity contribution in [3.63, 3.8) is 0 Å². The fraction of sp³-hybridized carbons (Fsp3) is 0.800. The molecule has 0 radical (unpaired) electrons. The molecule has 12 heavy (non-hydrogen) atoms. The number of carbonyl (C=O) groups excluding carboxylic acids is 1. The van der Waals surface area contributed by atoms with Crippen molar-refractivity contribution in [2.45, 2.75) is 18.6 Å². The molecule has 0 aliphatic heterocycles. The second-order valence-electron chi connectivity index (χ2n) is 2.19. The van der Waals surface area contributed by atoms with Gasteiger partial charge >= 0.3 is 12.1 Å². The Balaban J connectivity index is 0. The summed E-state index contributed by atoms with van der Waals surface area (Å²) in [5.41, 5.74) is 1.73. The standard InChI is InChI=1S/C5H8F3NO2.ClH/c1-4(9,3(10)11-2)5(6,7)8;/h9H2,1-2H3;1H. The summed E-state index contributed by atoms with van der Waals surface area (Å²) in [6.07, 6.45) is -4.78. The lowest BCUT2D eigenvalue weighted by molar-refractivity contribution is -0.200. The molecule has 7 heteroatoms. The Labute approximate surface area is 73.5 Å². The van der Waals surface area contributed by atoms with Crippen LogP contribution in [-0.4, -0.2) is 24.8 Å². The summed E-state index contributed by atoms with van der Waals surface area (Å²) in [5.74, 6) is -1.50. The van der Waals surface area contributed by atoms with E-state index in [2.05, 4.69) is 10.5 Å². The lowest BCUT2D eigenvalue weighted by atomic mass is 10.0. The van der Waals surface area contributed by atoms with Gasteiger partial charge in [0.15, 0.2) is 0 Å². The maximum atomic E-state index is 11.8. The van der Waals surface area contributed by atoms with E-state index in [1.54, 1.807) is 0 Å². The zero-order chi connectivity index (χ0) is 9.28. The molecule has 1 atom stereocenters. The van der Waals surface area contributed by atoms with Crippen molar-refractivity contribution in [2.75, 3.05) is 7.11 Å². The molecule has 0 heterocycles. The van der Waals surface area contributed by atoms with E-state index in [-0.39, 0.29) is 12.4 Å². The molecule has 0 aromatic carbocycles. The Morgan fingerprint density at radius 1 is 1.42 bits per heavy atom. The number of carbonyl (C=O) groups is 1. The minimum absolute atomic E-state index is 0. The Kier molecular flexibility index (Phi) is 4.63. The molecule has 0 aliphatic rings. The second kappa shape index (κ2) is 3.95. The molecule has 1 unspecified atom stereocenters. The van der Waals surface area contributed by atoms with Gasteiger partial charge in [-0.2, -0.15) is 13.2 Å². The Hall–Kier alpha value is -0.490. The van der Waals surface area contributed by atoms with Crippen molar-refractivity contribution < 1.29 is 22.7 Å². The van der Waals surface area contributed by atoms with Crippen LogP contribution in [0.25, 0.3) is 0 Å². The van der Waals surface area contributed by atoms with Crippen LogP contribution in [0.4, 0.5) is 13.2 Å². The van der Waals surface area contributed by atoms with Crippen LogP contribution in [0.15, 0.2) is 0 Å². The average Bonchev–Trinajstić information content (AvgIpc) is 1.83. The van der Waals surface area contributed by atoms with Crippen LogP contribution in [0.3, 0.4) is 0 Å². The molecule has 0 bridgehead atoms. The highest BCUT2D eigenvalue weighted by Crippen LogP contribution is 2.28. The first-order valence-corrected chi connectivity index (χ1v) is 2.67. The summed E-state index contributed by atoms with van der Waals surface area (Å²) in [6.45, 7) is 0.554. The van der Waals surface area contributed by atoms with Crippen LogP contribution in [0, 0.1) is 0 Å². The molecule has 0 saturated carbocycles. The van der Waals surface area contributed by atoms with E-state index >= 15 is 0 Å². The van der Waals surface area contributed by atoms with Gasteiger partial charge in [0.05, 0.1) is 7.11 Å². The Morgan fingerprint density at radius 2 is 1.75 bits per heavy atom. The molecule has 3 nitrogen and oxygen atoms in total. The summed E-state index contributed by atoms with van der Waals surface area (Å²) < 4.78 is 39.4. The number of hydrogen-bond donors (Lipinski definition) is 1. The third-order valence-electron chi connectivity index (χ3n) is 1.20. The lowest BCUT2D eigenvalue weighted by Gasteiger charge is -2.23. The van der Waals surface area contributed by atoms with Gasteiger partial charge in [0, 0.05) is 0 Å². The second-order valence-corrected chi connectivity index (χ2v) is 2.19. The van der Waals surface area contributed by atoms with E-state index in [0.717, 1.165) is 7.11 Å². The molecule has 0 saturated heterocycles. The van der Waals surface area contributed by atoms with Crippen molar-refractivity contribution in [3.05, 3.63) is 0 Å². The third kappa shape index (κ3) is 2.53. The first-order chi connectivity index (χ1) is 4.73. The number of ether oxygens (including phenoxy) is 1. The van der Waals surface area contributed by atoms with Crippen molar-refractivity contribution >= 4 is 18.4 Å². The van der Waals surface area contributed by atoms with Crippen LogP contribution in [0.5, 0.6) is 0 Å². The molecule has 74 valence electrons. The van der Waals surface area contributed by atoms with Gasteiger partial charge in [-0.1, -0.05) is 0 Å². The number of methoxy groups -OCH3 is 1. The van der Waals surface area contributed by atoms with Crippen LogP contribution < -0.4 is 5.73 Å². The van der Waals surface area contributed by atoms with Crippen molar-refractivity contribution in [3.8, 4) is 0 Å². The molecule has 0 rings (SSSR count). The predicted octanol–water partition coefficient (Wildman–Crippen LogP) is 0.861. The van der Waals surface area contributed by atoms with E-state index in [9.17, 15) is 18.0 Å². The van der Waals surface area contributed by atoms with Gasteiger partial charge in [0.2, 0.25) is 5.54 Å². The highest BCUT2D eigenvalue weighted by atomic mass is 35.5. The van der Waals surface area contributed by atoms with Crippen molar-refractivity contribution in [1.29, 1.82) is 0 Å². The highest BCUT2D eigenvalue weighted by molar-refractivity contribution is 5.85. The lowest BCUT2D eigenvalue weighted by Crippen LogP contribution is -2.57.